The van der Waals surface area contributed by atoms with E-state index in [0.29, 0.717) is 48.3 Å². The van der Waals surface area contributed by atoms with Crippen LogP contribution in [0.25, 0.3) is 14.8 Å². The lowest BCUT2D eigenvalue weighted by molar-refractivity contribution is 0.180. The molecule has 11 heteroatoms. The maximum atomic E-state index is 13.3. The van der Waals surface area contributed by atoms with Crippen LogP contribution in [0.5, 0.6) is 0 Å². The van der Waals surface area contributed by atoms with Gasteiger partial charge in [-0.3, -0.25) is 9.69 Å². The Morgan fingerprint density at radius 3 is 2.44 bits per heavy atom. The molecule has 0 amide bonds. The van der Waals surface area contributed by atoms with Crippen molar-refractivity contribution in [2.75, 3.05) is 26.2 Å². The Morgan fingerprint density at radius 2 is 1.74 bits per heavy atom. The molecule has 34 heavy (non-hydrogen) atoms. The molecule has 5 rings (SSSR count). The highest BCUT2D eigenvalue weighted by atomic mass is 32.2. The van der Waals surface area contributed by atoms with E-state index in [1.54, 1.807) is 21.7 Å². The SMILES string of the molecule is Cc1cc(C)c(S(=O)(=O)N2CCN(Cc3cc(=O)n4nc(-c5cccs5)sc4n3)CC2)cc1C. The zero-order chi connectivity index (χ0) is 24.0. The van der Waals surface area contributed by atoms with Crippen molar-refractivity contribution in [3.05, 3.63) is 68.4 Å². The van der Waals surface area contributed by atoms with E-state index < -0.39 is 10.0 Å². The number of piperazine rings is 1. The van der Waals surface area contributed by atoms with Crippen LogP contribution in [0.3, 0.4) is 0 Å². The Morgan fingerprint density at radius 1 is 1.00 bits per heavy atom. The molecule has 4 aromatic rings. The summed E-state index contributed by atoms with van der Waals surface area (Å²) in [5.41, 5.74) is 3.30. The Balaban J connectivity index is 1.30. The van der Waals surface area contributed by atoms with Crippen molar-refractivity contribution >= 4 is 37.7 Å². The molecule has 0 atom stereocenters. The molecule has 178 valence electrons. The van der Waals surface area contributed by atoms with Gasteiger partial charge in [0.2, 0.25) is 15.0 Å². The van der Waals surface area contributed by atoms with E-state index in [1.807, 2.05) is 44.4 Å². The number of aromatic nitrogens is 3. The third kappa shape index (κ3) is 4.34. The Labute approximate surface area is 206 Å². The Hall–Kier alpha value is -2.44. The van der Waals surface area contributed by atoms with Crippen molar-refractivity contribution in [1.82, 2.24) is 23.8 Å². The third-order valence-electron chi connectivity index (χ3n) is 6.16. The summed E-state index contributed by atoms with van der Waals surface area (Å²) in [6.07, 6.45) is 0. The van der Waals surface area contributed by atoms with Gasteiger partial charge in [0.25, 0.3) is 5.56 Å². The predicted molar refractivity (Wildman–Crippen MR) is 135 cm³/mol. The van der Waals surface area contributed by atoms with Crippen molar-refractivity contribution in [3.8, 4) is 9.88 Å². The quantitative estimate of drug-likeness (QED) is 0.405. The first-order valence-electron chi connectivity index (χ1n) is 11.0. The highest BCUT2D eigenvalue weighted by molar-refractivity contribution is 7.89. The van der Waals surface area contributed by atoms with E-state index in [1.165, 1.54) is 21.9 Å². The summed E-state index contributed by atoms with van der Waals surface area (Å²) >= 11 is 2.97. The molecule has 8 nitrogen and oxygen atoms in total. The highest BCUT2D eigenvalue weighted by Gasteiger charge is 2.30. The molecular formula is C23H25N5O3S3. The van der Waals surface area contributed by atoms with Gasteiger partial charge in [0, 0.05) is 38.8 Å². The smallest absolute Gasteiger partial charge is 0.275 e. The van der Waals surface area contributed by atoms with Gasteiger partial charge in [0.1, 0.15) is 0 Å². The summed E-state index contributed by atoms with van der Waals surface area (Å²) in [6.45, 7) is 8.22. The molecule has 0 radical (unpaired) electrons. The molecule has 1 fully saturated rings. The molecule has 0 saturated carbocycles. The molecule has 0 N–H and O–H groups in total. The van der Waals surface area contributed by atoms with Crippen LogP contribution in [0.1, 0.15) is 22.4 Å². The second-order valence-electron chi connectivity index (χ2n) is 8.55. The number of rotatable bonds is 5. The van der Waals surface area contributed by atoms with Crippen LogP contribution >= 0.6 is 22.7 Å². The molecule has 0 bridgehead atoms. The normalized spacial score (nSPS) is 15.9. The van der Waals surface area contributed by atoms with E-state index in [9.17, 15) is 13.2 Å². The van der Waals surface area contributed by atoms with Crippen LogP contribution in [0.2, 0.25) is 0 Å². The maximum absolute atomic E-state index is 13.3. The summed E-state index contributed by atoms with van der Waals surface area (Å²) in [7, 11) is -3.55. The van der Waals surface area contributed by atoms with Crippen LogP contribution in [-0.4, -0.2) is 58.4 Å². The maximum Gasteiger partial charge on any atom is 0.275 e. The monoisotopic (exact) mass is 515 g/mol. The fraction of sp³-hybridized carbons (Fsp3) is 0.348. The fourth-order valence-corrected chi connectivity index (χ4v) is 7.57. The molecule has 1 saturated heterocycles. The minimum absolute atomic E-state index is 0.203. The molecule has 1 aliphatic heterocycles. The van der Waals surface area contributed by atoms with E-state index in [4.69, 9.17) is 0 Å². The predicted octanol–water partition coefficient (Wildman–Crippen LogP) is 3.31. The minimum atomic E-state index is -3.55. The fourth-order valence-electron chi connectivity index (χ4n) is 4.15. The van der Waals surface area contributed by atoms with E-state index in [-0.39, 0.29) is 5.56 Å². The molecule has 1 aromatic carbocycles. The number of aryl methyl sites for hydroxylation is 3. The van der Waals surface area contributed by atoms with Crippen LogP contribution < -0.4 is 5.56 Å². The Bertz CT molecular complexity index is 1520. The topological polar surface area (TPSA) is 87.9 Å². The van der Waals surface area contributed by atoms with Crippen LogP contribution in [0.4, 0.5) is 0 Å². The van der Waals surface area contributed by atoms with Gasteiger partial charge in [-0.1, -0.05) is 23.5 Å². The van der Waals surface area contributed by atoms with Crippen LogP contribution in [-0.2, 0) is 16.6 Å². The Kier molecular flexibility index (Phi) is 6.15. The van der Waals surface area contributed by atoms with Gasteiger partial charge in [0.05, 0.1) is 15.5 Å². The van der Waals surface area contributed by atoms with E-state index in [2.05, 4.69) is 15.0 Å². The van der Waals surface area contributed by atoms with Crippen LogP contribution in [0.15, 0.2) is 45.4 Å². The van der Waals surface area contributed by atoms with E-state index >= 15 is 0 Å². The summed E-state index contributed by atoms with van der Waals surface area (Å²) in [5.74, 6) is 0. The number of hydrogen-bond donors (Lipinski definition) is 0. The van der Waals surface area contributed by atoms with Crippen molar-refractivity contribution in [2.24, 2.45) is 0 Å². The number of hydrogen-bond acceptors (Lipinski definition) is 8. The van der Waals surface area contributed by atoms with Gasteiger partial charge in [-0.15, -0.1) is 11.3 Å². The molecule has 1 aliphatic rings. The second kappa shape index (κ2) is 8.97. The largest absolute Gasteiger partial charge is 0.295 e. The molecule has 0 aliphatic carbocycles. The number of sulfonamides is 1. The highest BCUT2D eigenvalue weighted by Crippen LogP contribution is 2.28. The van der Waals surface area contributed by atoms with Gasteiger partial charge in [-0.25, -0.2) is 13.4 Å². The van der Waals surface area contributed by atoms with Crippen molar-refractivity contribution in [2.45, 2.75) is 32.2 Å². The molecule has 3 aromatic heterocycles. The molecular weight excluding hydrogens is 490 g/mol. The lowest BCUT2D eigenvalue weighted by Crippen LogP contribution is -2.48. The standard InChI is InChI=1S/C23H25N5O3S3/c1-15-11-17(3)20(12-16(15)2)34(30,31)27-8-6-26(7-9-27)14-18-13-21(29)28-23(24-18)33-22(25-28)19-5-4-10-32-19/h4-5,10-13H,6-9,14H2,1-3H3. The minimum Gasteiger partial charge on any atom is -0.295 e. The van der Waals surface area contributed by atoms with Gasteiger partial charge in [-0.2, -0.15) is 13.9 Å². The van der Waals surface area contributed by atoms with Gasteiger partial charge >= 0.3 is 0 Å². The van der Waals surface area contributed by atoms with Crippen molar-refractivity contribution in [1.29, 1.82) is 0 Å². The molecule has 0 spiro atoms. The average Bonchev–Trinajstić information content (AvgIpc) is 3.47. The first kappa shape index (κ1) is 23.3. The zero-order valence-electron chi connectivity index (χ0n) is 19.2. The first-order valence-corrected chi connectivity index (χ1v) is 14.1. The average molecular weight is 516 g/mol. The lowest BCUT2D eigenvalue weighted by atomic mass is 10.1. The summed E-state index contributed by atoms with van der Waals surface area (Å²) < 4.78 is 29.5. The summed E-state index contributed by atoms with van der Waals surface area (Å²) in [6, 6.07) is 9.16. The number of nitrogens with zero attached hydrogens (tertiary/aromatic N) is 5. The van der Waals surface area contributed by atoms with Crippen molar-refractivity contribution < 1.29 is 8.42 Å². The van der Waals surface area contributed by atoms with Gasteiger partial charge < -0.3 is 0 Å². The zero-order valence-corrected chi connectivity index (χ0v) is 21.6. The van der Waals surface area contributed by atoms with E-state index in [0.717, 1.165) is 26.6 Å². The third-order valence-corrected chi connectivity index (χ3v) is 10.1. The number of benzene rings is 1. The lowest BCUT2D eigenvalue weighted by Gasteiger charge is -2.34. The number of fused-ring (bicyclic) bond motifs is 1. The summed E-state index contributed by atoms with van der Waals surface area (Å²) in [5, 5.41) is 7.16. The van der Waals surface area contributed by atoms with Crippen LogP contribution in [0, 0.1) is 20.8 Å². The summed E-state index contributed by atoms with van der Waals surface area (Å²) in [4.78, 5) is 21.4. The molecule has 4 heterocycles. The van der Waals surface area contributed by atoms with Crippen molar-refractivity contribution in [3.63, 3.8) is 0 Å². The first-order chi connectivity index (χ1) is 16.2. The second-order valence-corrected chi connectivity index (χ2v) is 12.4. The molecule has 0 unspecified atom stereocenters. The van der Waals surface area contributed by atoms with Gasteiger partial charge in [-0.05, 0) is 55.0 Å². The van der Waals surface area contributed by atoms with Gasteiger partial charge in [0.15, 0.2) is 5.01 Å². The number of thiophene rings is 1.